The average molecular weight is 478 g/mol. The molecule has 2 heterocycles. The number of aromatic nitrogens is 2. The summed E-state index contributed by atoms with van der Waals surface area (Å²) >= 11 is 1.47. The number of pyridine rings is 1. The van der Waals surface area contributed by atoms with Gasteiger partial charge in [-0.1, -0.05) is 41.7 Å². The van der Waals surface area contributed by atoms with Gasteiger partial charge in [0, 0.05) is 22.7 Å². The van der Waals surface area contributed by atoms with Gasteiger partial charge in [-0.15, -0.1) is 0 Å². The quantitative estimate of drug-likeness (QED) is 0.294. The number of thiazole rings is 1. The van der Waals surface area contributed by atoms with Crippen molar-refractivity contribution in [3.63, 3.8) is 0 Å². The summed E-state index contributed by atoms with van der Waals surface area (Å²) in [4.78, 5) is 19.1. The first-order valence-corrected chi connectivity index (χ1v) is 12.1. The zero-order chi connectivity index (χ0) is 23.7. The molecule has 4 aromatic rings. The number of benzene rings is 2. The highest BCUT2D eigenvalue weighted by atomic mass is 32.1. The molecule has 0 aliphatic heterocycles. The third-order valence-electron chi connectivity index (χ3n) is 6.50. The predicted octanol–water partition coefficient (Wildman–Crippen LogP) is 6.76. The average Bonchev–Trinajstić information content (AvgIpc) is 3.49. The van der Waals surface area contributed by atoms with E-state index in [1.807, 2.05) is 24.3 Å². The van der Waals surface area contributed by atoms with Gasteiger partial charge in [0.05, 0.1) is 5.69 Å². The second-order valence-corrected chi connectivity index (χ2v) is 9.71. The van der Waals surface area contributed by atoms with Crippen LogP contribution in [0.25, 0.3) is 20.9 Å². The van der Waals surface area contributed by atoms with Crippen LogP contribution in [0.3, 0.4) is 0 Å². The standard InChI is InChI=1S/C25H22FN3S.CH2O3/c26-20-15-18(27-17-7-4-8-17)9-10-19(20)23-28-21-11-12-22(29-24(21)30-23)25(13-14-25)16-5-2-1-3-6-16;2-1(3)4/h1-3,5-6,9-12,15,17,27H,4,7-8,13-14H2;(H2,2,3,4). The molecule has 8 heteroatoms. The summed E-state index contributed by atoms with van der Waals surface area (Å²) in [5.74, 6) is -0.235. The van der Waals surface area contributed by atoms with E-state index in [2.05, 4.69) is 40.6 Å². The van der Waals surface area contributed by atoms with Gasteiger partial charge in [-0.25, -0.2) is 19.2 Å². The van der Waals surface area contributed by atoms with Gasteiger partial charge in [0.2, 0.25) is 0 Å². The van der Waals surface area contributed by atoms with E-state index in [0.717, 1.165) is 34.6 Å². The highest BCUT2D eigenvalue weighted by Gasteiger charge is 2.47. The molecule has 0 radical (unpaired) electrons. The summed E-state index contributed by atoms with van der Waals surface area (Å²) in [6.07, 6.45) is 3.99. The summed E-state index contributed by atoms with van der Waals surface area (Å²) < 4.78 is 14.8. The largest absolute Gasteiger partial charge is 0.503 e. The van der Waals surface area contributed by atoms with Crippen molar-refractivity contribution in [2.24, 2.45) is 0 Å². The Bertz CT molecular complexity index is 1330. The minimum Gasteiger partial charge on any atom is -0.450 e. The topological polar surface area (TPSA) is 95.3 Å². The second-order valence-electron chi connectivity index (χ2n) is 8.74. The van der Waals surface area contributed by atoms with Crippen molar-refractivity contribution in [3.05, 3.63) is 77.7 Å². The third kappa shape index (κ3) is 4.46. The zero-order valence-corrected chi connectivity index (χ0v) is 19.2. The van der Waals surface area contributed by atoms with E-state index in [1.54, 1.807) is 6.07 Å². The lowest BCUT2D eigenvalue weighted by atomic mass is 9.92. The van der Waals surface area contributed by atoms with Gasteiger partial charge < -0.3 is 15.5 Å². The number of nitrogens with zero attached hydrogens (tertiary/aromatic N) is 2. The van der Waals surface area contributed by atoms with Crippen LogP contribution < -0.4 is 5.32 Å². The van der Waals surface area contributed by atoms with Crippen molar-refractivity contribution in [2.75, 3.05) is 5.32 Å². The maximum absolute atomic E-state index is 14.8. The lowest BCUT2D eigenvalue weighted by Gasteiger charge is -2.27. The fourth-order valence-electron chi connectivity index (χ4n) is 4.34. The molecule has 6 rings (SSSR count). The highest BCUT2D eigenvalue weighted by Crippen LogP contribution is 2.53. The SMILES string of the molecule is Fc1cc(NC2CCC2)ccc1-c1nc2ccc(C3(c4ccccc4)CC3)nc2s1.O=C(O)O. The lowest BCUT2D eigenvalue weighted by Crippen LogP contribution is -2.26. The number of nitrogens with one attached hydrogen (secondary N) is 1. The molecule has 174 valence electrons. The molecule has 0 unspecified atom stereocenters. The molecule has 2 saturated carbocycles. The number of hydrogen-bond acceptors (Lipinski definition) is 5. The highest BCUT2D eigenvalue weighted by molar-refractivity contribution is 7.21. The number of carbonyl (C=O) groups is 1. The molecular formula is C26H24FN3O3S. The summed E-state index contributed by atoms with van der Waals surface area (Å²) in [5, 5.41) is 18.0. The van der Waals surface area contributed by atoms with E-state index in [0.29, 0.717) is 16.6 Å². The van der Waals surface area contributed by atoms with Crippen LogP contribution in [0.2, 0.25) is 0 Å². The van der Waals surface area contributed by atoms with Crippen molar-refractivity contribution in [1.82, 2.24) is 9.97 Å². The smallest absolute Gasteiger partial charge is 0.450 e. The Hall–Kier alpha value is -3.52. The van der Waals surface area contributed by atoms with Crippen LogP contribution >= 0.6 is 11.3 Å². The maximum atomic E-state index is 14.8. The van der Waals surface area contributed by atoms with Gasteiger partial charge in [0.1, 0.15) is 21.2 Å². The Balaban J connectivity index is 0.000000560. The van der Waals surface area contributed by atoms with E-state index < -0.39 is 6.16 Å². The van der Waals surface area contributed by atoms with Crippen LogP contribution in [0.5, 0.6) is 0 Å². The minimum absolute atomic E-state index is 0.0275. The molecular weight excluding hydrogens is 453 g/mol. The number of rotatable bonds is 5. The van der Waals surface area contributed by atoms with Crippen LogP contribution in [0, 0.1) is 5.82 Å². The van der Waals surface area contributed by atoms with Crippen LogP contribution in [0.1, 0.15) is 43.4 Å². The van der Waals surface area contributed by atoms with E-state index in [9.17, 15) is 4.39 Å². The molecule has 34 heavy (non-hydrogen) atoms. The van der Waals surface area contributed by atoms with Crippen LogP contribution in [0.15, 0.2) is 60.7 Å². The first-order valence-electron chi connectivity index (χ1n) is 11.3. The molecule has 0 amide bonds. The van der Waals surface area contributed by atoms with Crippen molar-refractivity contribution in [1.29, 1.82) is 0 Å². The molecule has 2 aliphatic rings. The van der Waals surface area contributed by atoms with E-state index >= 15 is 0 Å². The van der Waals surface area contributed by atoms with Crippen molar-refractivity contribution >= 4 is 33.5 Å². The number of anilines is 1. The summed E-state index contributed by atoms with van der Waals surface area (Å²) in [5.41, 5.74) is 4.67. The molecule has 0 saturated heterocycles. The van der Waals surface area contributed by atoms with Crippen molar-refractivity contribution in [2.45, 2.75) is 43.6 Å². The summed E-state index contributed by atoms with van der Waals surface area (Å²) in [6.45, 7) is 0. The monoisotopic (exact) mass is 477 g/mol. The lowest BCUT2D eigenvalue weighted by molar-refractivity contribution is 0.137. The fraction of sp³-hybridized carbons (Fsp3) is 0.269. The number of hydrogen-bond donors (Lipinski definition) is 3. The Morgan fingerprint density at radius 3 is 2.38 bits per heavy atom. The van der Waals surface area contributed by atoms with Crippen molar-refractivity contribution < 1.29 is 19.4 Å². The van der Waals surface area contributed by atoms with Gasteiger partial charge in [-0.2, -0.15) is 0 Å². The molecule has 2 fully saturated rings. The minimum atomic E-state index is -1.83. The van der Waals surface area contributed by atoms with Crippen LogP contribution in [0.4, 0.5) is 14.9 Å². The maximum Gasteiger partial charge on any atom is 0.503 e. The molecule has 0 bridgehead atoms. The molecule has 3 N–H and O–H groups in total. The summed E-state index contributed by atoms with van der Waals surface area (Å²) in [6, 6.07) is 20.6. The second kappa shape index (κ2) is 9.02. The summed E-state index contributed by atoms with van der Waals surface area (Å²) in [7, 11) is 0. The predicted molar refractivity (Wildman–Crippen MR) is 131 cm³/mol. The third-order valence-corrected chi connectivity index (χ3v) is 7.50. The zero-order valence-electron chi connectivity index (χ0n) is 18.4. The number of fused-ring (bicyclic) bond motifs is 1. The van der Waals surface area contributed by atoms with Gasteiger partial charge in [-0.05, 0) is 68.0 Å². The molecule has 6 nitrogen and oxygen atoms in total. The van der Waals surface area contributed by atoms with Crippen LogP contribution in [-0.4, -0.2) is 32.4 Å². The number of halogens is 1. The van der Waals surface area contributed by atoms with E-state index in [1.165, 1.54) is 36.2 Å². The Morgan fingerprint density at radius 1 is 1.03 bits per heavy atom. The van der Waals surface area contributed by atoms with Crippen molar-refractivity contribution in [3.8, 4) is 10.6 Å². The molecule has 2 aromatic heterocycles. The van der Waals surface area contributed by atoms with Gasteiger partial charge >= 0.3 is 6.16 Å². The number of carboxylic acid groups (broad SMARTS) is 2. The Labute approximate surface area is 200 Å². The molecule has 0 spiro atoms. The van der Waals surface area contributed by atoms with E-state index in [-0.39, 0.29) is 11.2 Å². The fourth-order valence-corrected chi connectivity index (χ4v) is 5.31. The van der Waals surface area contributed by atoms with E-state index in [4.69, 9.17) is 20.0 Å². The first-order chi connectivity index (χ1) is 16.4. The van der Waals surface area contributed by atoms with Gasteiger partial charge in [-0.3, -0.25) is 0 Å². The first kappa shape index (κ1) is 22.3. The molecule has 2 aliphatic carbocycles. The van der Waals surface area contributed by atoms with Gasteiger partial charge in [0.25, 0.3) is 0 Å². The molecule has 2 aromatic carbocycles. The molecule has 0 atom stereocenters. The Morgan fingerprint density at radius 2 is 1.76 bits per heavy atom. The Kier molecular flexibility index (Phi) is 5.91. The van der Waals surface area contributed by atoms with Gasteiger partial charge in [0.15, 0.2) is 0 Å². The normalized spacial score (nSPS) is 16.3. The van der Waals surface area contributed by atoms with Crippen LogP contribution in [-0.2, 0) is 5.41 Å².